The molecule has 1 fully saturated rings. The first kappa shape index (κ1) is 20.5. The van der Waals surface area contributed by atoms with E-state index < -0.39 is 9.84 Å². The molecule has 158 valence electrons. The standard InChI is InChI=1S/C21H25N5O3S/c1-16-9-11-17(12-10-16)30(27,28)15-26-21(22-23-24-26)20(25-13-5-6-14-25)18-7-3-4-8-19(18)29-2/h3-4,7-12,20H,5-6,13-15H2,1-2H3/t20-/m1/s1. The number of sulfone groups is 1. The number of methoxy groups -OCH3 is 1. The zero-order valence-corrected chi connectivity index (χ0v) is 17.9. The predicted molar refractivity (Wildman–Crippen MR) is 112 cm³/mol. The first-order chi connectivity index (χ1) is 14.5. The number of ether oxygens (including phenoxy) is 1. The van der Waals surface area contributed by atoms with Crippen molar-refractivity contribution < 1.29 is 13.2 Å². The molecule has 2 aromatic carbocycles. The average molecular weight is 428 g/mol. The van der Waals surface area contributed by atoms with E-state index in [4.69, 9.17) is 4.74 Å². The summed E-state index contributed by atoms with van der Waals surface area (Å²) in [5.74, 6) is 0.903. The third kappa shape index (κ3) is 4.08. The van der Waals surface area contributed by atoms with Crippen LogP contribution in [0.25, 0.3) is 0 Å². The molecule has 1 saturated heterocycles. The number of tetrazole rings is 1. The van der Waals surface area contributed by atoms with E-state index in [0.29, 0.717) is 5.82 Å². The number of nitrogens with zero attached hydrogens (tertiary/aromatic N) is 5. The Hall–Kier alpha value is -2.78. The summed E-state index contributed by atoms with van der Waals surface area (Å²) in [7, 11) is -1.98. The van der Waals surface area contributed by atoms with Crippen LogP contribution in [0.15, 0.2) is 53.4 Å². The van der Waals surface area contributed by atoms with E-state index in [9.17, 15) is 8.42 Å². The van der Waals surface area contributed by atoms with E-state index in [1.165, 1.54) is 4.68 Å². The molecule has 2 heterocycles. The summed E-state index contributed by atoms with van der Waals surface area (Å²) in [5.41, 5.74) is 1.92. The van der Waals surface area contributed by atoms with Crippen molar-refractivity contribution >= 4 is 9.84 Å². The molecule has 9 heteroatoms. The maximum absolute atomic E-state index is 13.0. The van der Waals surface area contributed by atoms with Gasteiger partial charge in [-0.3, -0.25) is 4.90 Å². The summed E-state index contributed by atoms with van der Waals surface area (Å²) >= 11 is 0. The fourth-order valence-electron chi connectivity index (χ4n) is 3.87. The van der Waals surface area contributed by atoms with E-state index in [1.807, 2.05) is 31.2 Å². The van der Waals surface area contributed by atoms with Gasteiger partial charge in [0.1, 0.15) is 11.8 Å². The molecule has 1 aliphatic rings. The van der Waals surface area contributed by atoms with E-state index in [2.05, 4.69) is 20.4 Å². The summed E-state index contributed by atoms with van der Waals surface area (Å²) in [6.07, 6.45) is 2.16. The summed E-state index contributed by atoms with van der Waals surface area (Å²) in [6.45, 7) is 3.70. The second-order valence-corrected chi connectivity index (χ2v) is 9.44. The monoisotopic (exact) mass is 427 g/mol. The van der Waals surface area contributed by atoms with Crippen LogP contribution in [0.2, 0.25) is 0 Å². The summed E-state index contributed by atoms with van der Waals surface area (Å²) < 4.78 is 33.0. The molecule has 0 amide bonds. The third-order valence-electron chi connectivity index (χ3n) is 5.42. The second-order valence-electron chi connectivity index (χ2n) is 7.48. The van der Waals surface area contributed by atoms with Gasteiger partial charge >= 0.3 is 0 Å². The Morgan fingerprint density at radius 1 is 1.07 bits per heavy atom. The van der Waals surface area contributed by atoms with Gasteiger partial charge in [0.05, 0.1) is 12.0 Å². The molecule has 4 rings (SSSR count). The molecular weight excluding hydrogens is 402 g/mol. The van der Waals surface area contributed by atoms with Crippen molar-refractivity contribution in [1.29, 1.82) is 0 Å². The number of hydrogen-bond donors (Lipinski definition) is 0. The van der Waals surface area contributed by atoms with Gasteiger partial charge in [0.25, 0.3) is 0 Å². The van der Waals surface area contributed by atoms with Crippen molar-refractivity contribution in [1.82, 2.24) is 25.1 Å². The highest BCUT2D eigenvalue weighted by atomic mass is 32.2. The molecular formula is C21H25N5O3S. The lowest BCUT2D eigenvalue weighted by molar-refractivity contribution is 0.258. The zero-order chi connectivity index (χ0) is 21.1. The number of hydrogen-bond acceptors (Lipinski definition) is 7. The lowest BCUT2D eigenvalue weighted by Gasteiger charge is -2.28. The second kappa shape index (κ2) is 8.53. The quantitative estimate of drug-likeness (QED) is 0.572. The molecule has 0 radical (unpaired) electrons. The van der Waals surface area contributed by atoms with Crippen LogP contribution in [-0.4, -0.2) is 53.7 Å². The van der Waals surface area contributed by atoms with Gasteiger partial charge < -0.3 is 4.74 Å². The molecule has 8 nitrogen and oxygen atoms in total. The van der Waals surface area contributed by atoms with Crippen LogP contribution in [0.3, 0.4) is 0 Å². The van der Waals surface area contributed by atoms with Crippen molar-refractivity contribution in [2.24, 2.45) is 0 Å². The first-order valence-corrected chi connectivity index (χ1v) is 11.6. The normalized spacial score (nSPS) is 15.9. The molecule has 0 spiro atoms. The van der Waals surface area contributed by atoms with Crippen molar-refractivity contribution in [3.05, 3.63) is 65.5 Å². The summed E-state index contributed by atoms with van der Waals surface area (Å²) in [4.78, 5) is 2.53. The van der Waals surface area contributed by atoms with Gasteiger partial charge in [0, 0.05) is 5.56 Å². The van der Waals surface area contributed by atoms with E-state index >= 15 is 0 Å². The molecule has 0 saturated carbocycles. The highest BCUT2D eigenvalue weighted by Gasteiger charge is 2.33. The lowest BCUT2D eigenvalue weighted by Crippen LogP contribution is -2.30. The maximum atomic E-state index is 13.0. The number of rotatable bonds is 7. The Labute approximate surface area is 176 Å². The van der Waals surface area contributed by atoms with Crippen molar-refractivity contribution in [2.75, 3.05) is 20.2 Å². The van der Waals surface area contributed by atoms with Crippen LogP contribution < -0.4 is 4.74 Å². The Kier molecular flexibility index (Phi) is 5.83. The molecule has 30 heavy (non-hydrogen) atoms. The van der Waals surface area contributed by atoms with Gasteiger partial charge in [-0.05, 0) is 61.5 Å². The number of likely N-dealkylation sites (tertiary alicyclic amines) is 1. The Bertz CT molecular complexity index is 1110. The van der Waals surface area contributed by atoms with E-state index in [-0.39, 0.29) is 16.8 Å². The SMILES string of the molecule is COc1ccccc1[C@H](c1nnnn1CS(=O)(=O)c1ccc(C)cc1)N1CCCC1. The first-order valence-electron chi connectivity index (χ1n) is 9.92. The van der Waals surface area contributed by atoms with Crippen molar-refractivity contribution in [3.8, 4) is 5.75 Å². The van der Waals surface area contributed by atoms with Crippen LogP contribution in [0.4, 0.5) is 0 Å². The van der Waals surface area contributed by atoms with Gasteiger partial charge in [0.15, 0.2) is 21.5 Å². The smallest absolute Gasteiger partial charge is 0.198 e. The molecule has 0 unspecified atom stereocenters. The minimum atomic E-state index is -3.61. The number of aromatic nitrogens is 4. The minimum absolute atomic E-state index is 0.254. The molecule has 1 aromatic heterocycles. The largest absolute Gasteiger partial charge is 0.496 e. The van der Waals surface area contributed by atoms with Crippen molar-refractivity contribution in [2.45, 2.75) is 36.6 Å². The Morgan fingerprint density at radius 2 is 1.77 bits per heavy atom. The van der Waals surface area contributed by atoms with Crippen LogP contribution in [0.5, 0.6) is 5.75 Å². The molecule has 0 N–H and O–H groups in total. The number of benzene rings is 2. The highest BCUT2D eigenvalue weighted by molar-refractivity contribution is 7.90. The highest BCUT2D eigenvalue weighted by Crippen LogP contribution is 2.35. The van der Waals surface area contributed by atoms with Gasteiger partial charge in [-0.1, -0.05) is 35.9 Å². The molecule has 0 aliphatic carbocycles. The van der Waals surface area contributed by atoms with Gasteiger partial charge in [-0.2, -0.15) is 0 Å². The summed E-state index contributed by atoms with van der Waals surface area (Å²) in [5, 5.41) is 12.1. The van der Waals surface area contributed by atoms with Crippen molar-refractivity contribution in [3.63, 3.8) is 0 Å². The zero-order valence-electron chi connectivity index (χ0n) is 17.1. The van der Waals surface area contributed by atoms with Gasteiger partial charge in [0.2, 0.25) is 0 Å². The molecule has 0 bridgehead atoms. The topological polar surface area (TPSA) is 90.2 Å². The molecule has 3 aromatic rings. The molecule has 1 aliphatic heterocycles. The van der Waals surface area contributed by atoms with Crippen LogP contribution in [-0.2, 0) is 15.7 Å². The van der Waals surface area contributed by atoms with Crippen LogP contribution in [0.1, 0.15) is 35.8 Å². The number of aryl methyl sites for hydroxylation is 1. The maximum Gasteiger partial charge on any atom is 0.198 e. The van der Waals surface area contributed by atoms with E-state index in [1.54, 1.807) is 31.4 Å². The fourth-order valence-corrected chi connectivity index (χ4v) is 5.08. The fraction of sp³-hybridized carbons (Fsp3) is 0.381. The third-order valence-corrected chi connectivity index (χ3v) is 6.99. The predicted octanol–water partition coefficient (Wildman–Crippen LogP) is 2.61. The van der Waals surface area contributed by atoms with Crippen LogP contribution >= 0.6 is 0 Å². The number of para-hydroxylation sites is 1. The lowest BCUT2D eigenvalue weighted by atomic mass is 10.0. The Morgan fingerprint density at radius 3 is 2.47 bits per heavy atom. The molecule has 1 atom stereocenters. The summed E-state index contributed by atoms with van der Waals surface area (Å²) in [6, 6.07) is 14.3. The van der Waals surface area contributed by atoms with E-state index in [0.717, 1.165) is 42.8 Å². The van der Waals surface area contributed by atoms with Crippen LogP contribution in [0, 0.1) is 6.92 Å². The van der Waals surface area contributed by atoms with Gasteiger partial charge in [-0.25, -0.2) is 13.1 Å². The van der Waals surface area contributed by atoms with Gasteiger partial charge in [-0.15, -0.1) is 5.10 Å². The minimum Gasteiger partial charge on any atom is -0.496 e. The Balaban J connectivity index is 1.73. The average Bonchev–Trinajstić information content (AvgIpc) is 3.42.